The van der Waals surface area contributed by atoms with Crippen molar-refractivity contribution in [2.75, 3.05) is 17.7 Å². The number of carbonyl (C=O) groups is 1. The molecule has 0 heterocycles. The molecule has 5 nitrogen and oxygen atoms in total. The van der Waals surface area contributed by atoms with E-state index >= 15 is 0 Å². The summed E-state index contributed by atoms with van der Waals surface area (Å²) in [6, 6.07) is 16.4. The molecule has 0 aliphatic carbocycles. The van der Waals surface area contributed by atoms with Gasteiger partial charge in [-0.3, -0.25) is 4.79 Å². The van der Waals surface area contributed by atoms with Crippen LogP contribution in [0.15, 0.2) is 54.6 Å². The summed E-state index contributed by atoms with van der Waals surface area (Å²) in [4.78, 5) is 11.8. The molecule has 0 saturated carbocycles. The summed E-state index contributed by atoms with van der Waals surface area (Å²) in [6.45, 7) is 4.49. The van der Waals surface area contributed by atoms with Crippen molar-refractivity contribution >= 4 is 52.1 Å². The van der Waals surface area contributed by atoms with Crippen LogP contribution < -0.4 is 20.1 Å². The van der Waals surface area contributed by atoms with Crippen LogP contribution in [0.3, 0.4) is 0 Å². The fourth-order valence-corrected chi connectivity index (χ4v) is 3.47. The maximum absolute atomic E-state index is 11.8. The number of amides is 1. The molecule has 0 aromatic heterocycles. The van der Waals surface area contributed by atoms with Gasteiger partial charge in [-0.15, -0.1) is 0 Å². The van der Waals surface area contributed by atoms with Crippen LogP contribution in [-0.4, -0.2) is 13.0 Å². The largest absolute Gasteiger partial charge is 0.493 e. The summed E-state index contributed by atoms with van der Waals surface area (Å²) < 4.78 is 11.4. The molecule has 0 radical (unpaired) electrons. The van der Waals surface area contributed by atoms with Gasteiger partial charge in [0.05, 0.1) is 17.2 Å². The van der Waals surface area contributed by atoms with Crippen molar-refractivity contribution in [1.82, 2.24) is 0 Å². The summed E-state index contributed by atoms with van der Waals surface area (Å²) in [5.41, 5.74) is 3.38. The Bertz CT molecular complexity index is 1120. The molecule has 0 unspecified atom stereocenters. The number of nitrogens with one attached hydrogen (secondary N) is 2. The lowest BCUT2D eigenvalue weighted by Gasteiger charge is -2.15. The number of methoxy groups -OCH3 is 1. The number of ether oxygens (including phenoxy) is 2. The van der Waals surface area contributed by atoms with Crippen LogP contribution in [0.5, 0.6) is 11.5 Å². The summed E-state index contributed by atoms with van der Waals surface area (Å²) in [5, 5.41) is 7.71. The Morgan fingerprint density at radius 1 is 0.879 bits per heavy atom. The average Bonchev–Trinajstić information content (AvgIpc) is 2.80. The Labute approximate surface area is 208 Å². The van der Waals surface area contributed by atoms with E-state index in [2.05, 4.69) is 10.6 Å². The second-order valence-electron chi connectivity index (χ2n) is 7.71. The Kier molecular flexibility index (Phi) is 8.73. The Hall–Kier alpha value is -2.60. The highest BCUT2D eigenvalue weighted by molar-refractivity contribution is 6.42. The van der Waals surface area contributed by atoms with E-state index in [0.29, 0.717) is 39.7 Å². The van der Waals surface area contributed by atoms with E-state index in [-0.39, 0.29) is 11.8 Å². The smallest absolute Gasteiger partial charge is 0.226 e. The molecule has 3 aromatic rings. The van der Waals surface area contributed by atoms with Gasteiger partial charge in [0.1, 0.15) is 6.61 Å². The van der Waals surface area contributed by atoms with Crippen LogP contribution in [0.2, 0.25) is 15.1 Å². The summed E-state index contributed by atoms with van der Waals surface area (Å²) in [6.07, 6.45) is 0. The van der Waals surface area contributed by atoms with Gasteiger partial charge in [0, 0.05) is 34.9 Å². The van der Waals surface area contributed by atoms with Crippen molar-refractivity contribution in [3.05, 3.63) is 80.8 Å². The maximum Gasteiger partial charge on any atom is 0.226 e. The molecule has 174 valence electrons. The van der Waals surface area contributed by atoms with Gasteiger partial charge in [-0.05, 0) is 53.6 Å². The lowest BCUT2D eigenvalue weighted by molar-refractivity contribution is -0.118. The van der Waals surface area contributed by atoms with Crippen molar-refractivity contribution in [3.8, 4) is 11.5 Å². The van der Waals surface area contributed by atoms with Gasteiger partial charge in [0.15, 0.2) is 11.5 Å². The molecule has 0 fully saturated rings. The van der Waals surface area contributed by atoms with Crippen LogP contribution in [0.1, 0.15) is 25.0 Å². The minimum atomic E-state index is -0.0733. The van der Waals surface area contributed by atoms with E-state index in [4.69, 9.17) is 44.3 Å². The van der Waals surface area contributed by atoms with E-state index in [0.717, 1.165) is 22.5 Å². The molecular weight excluding hydrogens is 483 g/mol. The number of halogens is 3. The van der Waals surface area contributed by atoms with Crippen molar-refractivity contribution in [3.63, 3.8) is 0 Å². The van der Waals surface area contributed by atoms with Gasteiger partial charge >= 0.3 is 0 Å². The highest BCUT2D eigenvalue weighted by Crippen LogP contribution is 2.34. The van der Waals surface area contributed by atoms with Crippen LogP contribution in [-0.2, 0) is 17.9 Å². The molecular formula is C25H25Cl3N2O3. The zero-order valence-corrected chi connectivity index (χ0v) is 20.8. The molecule has 0 aliphatic rings. The number of rotatable bonds is 9. The zero-order valence-electron chi connectivity index (χ0n) is 18.5. The normalized spacial score (nSPS) is 10.8. The third-order valence-corrected chi connectivity index (χ3v) is 5.96. The number of hydrogen-bond donors (Lipinski definition) is 2. The molecule has 0 bridgehead atoms. The van der Waals surface area contributed by atoms with Gasteiger partial charge in [0.25, 0.3) is 0 Å². The highest BCUT2D eigenvalue weighted by Gasteiger charge is 2.12. The molecule has 0 saturated heterocycles. The summed E-state index contributed by atoms with van der Waals surface area (Å²) in [7, 11) is 1.58. The molecule has 2 N–H and O–H groups in total. The molecule has 0 spiro atoms. The van der Waals surface area contributed by atoms with Crippen LogP contribution in [0.25, 0.3) is 0 Å². The Morgan fingerprint density at radius 2 is 1.58 bits per heavy atom. The van der Waals surface area contributed by atoms with Gasteiger partial charge in [0.2, 0.25) is 5.91 Å². The van der Waals surface area contributed by atoms with Crippen molar-refractivity contribution in [2.24, 2.45) is 5.92 Å². The van der Waals surface area contributed by atoms with E-state index in [1.54, 1.807) is 25.3 Å². The van der Waals surface area contributed by atoms with Gasteiger partial charge in [-0.1, -0.05) is 54.7 Å². The van der Waals surface area contributed by atoms with E-state index in [1.165, 1.54) is 0 Å². The second kappa shape index (κ2) is 11.5. The minimum absolute atomic E-state index is 0.0175. The topological polar surface area (TPSA) is 59.6 Å². The second-order valence-corrected chi connectivity index (χ2v) is 8.93. The van der Waals surface area contributed by atoms with Crippen molar-refractivity contribution in [2.45, 2.75) is 27.0 Å². The first-order valence-electron chi connectivity index (χ1n) is 10.3. The minimum Gasteiger partial charge on any atom is -0.493 e. The van der Waals surface area contributed by atoms with Gasteiger partial charge < -0.3 is 20.1 Å². The van der Waals surface area contributed by atoms with Crippen LogP contribution in [0.4, 0.5) is 11.4 Å². The highest BCUT2D eigenvalue weighted by atomic mass is 35.5. The lowest BCUT2D eigenvalue weighted by Crippen LogP contribution is -2.17. The fraction of sp³-hybridized carbons (Fsp3) is 0.240. The number of carbonyl (C=O) groups excluding carboxylic acids is 1. The van der Waals surface area contributed by atoms with Gasteiger partial charge in [-0.25, -0.2) is 0 Å². The monoisotopic (exact) mass is 506 g/mol. The molecule has 1 amide bonds. The maximum atomic E-state index is 11.8. The average molecular weight is 508 g/mol. The molecule has 0 atom stereocenters. The molecule has 3 aromatic carbocycles. The predicted octanol–water partition coefficient (Wildman–Crippen LogP) is 7.44. The van der Waals surface area contributed by atoms with E-state index < -0.39 is 0 Å². The first-order chi connectivity index (χ1) is 15.8. The lowest BCUT2D eigenvalue weighted by atomic mass is 10.1. The number of hydrogen-bond acceptors (Lipinski definition) is 4. The zero-order chi connectivity index (χ0) is 24.0. The Balaban J connectivity index is 1.64. The molecule has 3 rings (SSSR count). The van der Waals surface area contributed by atoms with Crippen molar-refractivity contribution in [1.29, 1.82) is 0 Å². The molecule has 0 aliphatic heterocycles. The Morgan fingerprint density at radius 3 is 2.21 bits per heavy atom. The number of anilines is 2. The molecule has 8 heteroatoms. The van der Waals surface area contributed by atoms with Crippen molar-refractivity contribution < 1.29 is 14.3 Å². The summed E-state index contributed by atoms with van der Waals surface area (Å²) in [5.74, 6) is 1.01. The number of benzene rings is 3. The van der Waals surface area contributed by atoms with Gasteiger partial charge in [-0.2, -0.15) is 0 Å². The third-order valence-electron chi connectivity index (χ3n) is 4.87. The fourth-order valence-electron chi connectivity index (χ4n) is 2.93. The first kappa shape index (κ1) is 25.0. The quantitative estimate of drug-likeness (QED) is 0.316. The SMILES string of the molecule is COc1cc(CNc2ccc(NC(=O)C(C)C)cc2)c(Cl)cc1OCc1ccc(Cl)c(Cl)c1. The van der Waals surface area contributed by atoms with Crippen LogP contribution >= 0.6 is 34.8 Å². The van der Waals surface area contributed by atoms with Crippen LogP contribution in [0, 0.1) is 5.92 Å². The predicted molar refractivity (Wildman–Crippen MR) is 136 cm³/mol. The third kappa shape index (κ3) is 6.94. The first-order valence-corrected chi connectivity index (χ1v) is 11.5. The summed E-state index contributed by atoms with van der Waals surface area (Å²) >= 11 is 18.5. The van der Waals surface area contributed by atoms with E-state index in [1.807, 2.05) is 50.2 Å². The standard InChI is InChI=1S/C25H25Cl3N2O3/c1-15(2)25(31)30-19-7-5-18(6-8-19)29-13-17-11-23(32-3)24(12-21(17)27)33-14-16-4-9-20(26)22(28)10-16/h4-12,15,29H,13-14H2,1-3H3,(H,30,31). The molecule has 33 heavy (non-hydrogen) atoms. The van der Waals surface area contributed by atoms with E-state index in [9.17, 15) is 4.79 Å².